The van der Waals surface area contributed by atoms with Gasteiger partial charge in [0.05, 0.1) is 6.04 Å². The number of anilines is 2. The molecule has 0 saturated heterocycles. The zero-order valence-electron chi connectivity index (χ0n) is 11.7. The summed E-state index contributed by atoms with van der Waals surface area (Å²) in [6.45, 7) is 8.98. The van der Waals surface area contributed by atoms with Gasteiger partial charge in [-0.1, -0.05) is 0 Å². The van der Waals surface area contributed by atoms with Crippen LogP contribution in [0.25, 0.3) is 0 Å². The molecule has 0 aliphatic rings. The van der Waals surface area contributed by atoms with Crippen molar-refractivity contribution in [3.63, 3.8) is 0 Å². The number of hydrogen-bond donors (Lipinski definition) is 2. The smallest absolute Gasteiger partial charge is 0.224 e. The fourth-order valence-electron chi connectivity index (χ4n) is 1.67. The third-order valence-corrected chi connectivity index (χ3v) is 3.76. The Morgan fingerprint density at radius 1 is 1.26 bits per heavy atom. The van der Waals surface area contributed by atoms with Gasteiger partial charge in [0.15, 0.2) is 0 Å². The van der Waals surface area contributed by atoms with Crippen LogP contribution in [0.3, 0.4) is 0 Å². The molecule has 0 amide bonds. The summed E-state index contributed by atoms with van der Waals surface area (Å²) < 4.78 is 0. The van der Waals surface area contributed by atoms with Gasteiger partial charge in [-0.25, -0.2) is 9.97 Å². The highest BCUT2D eigenvalue weighted by Gasteiger charge is 2.12. The molecule has 0 radical (unpaired) electrons. The molecular weight excluding hydrogens is 258 g/mol. The third kappa shape index (κ3) is 3.41. The van der Waals surface area contributed by atoms with Crippen molar-refractivity contribution in [2.75, 3.05) is 17.2 Å². The van der Waals surface area contributed by atoms with Crippen LogP contribution in [-0.4, -0.2) is 21.5 Å². The SMILES string of the molecule is CCNc1ncc(C)c(NC(C)c2ncc(C)s2)n1. The van der Waals surface area contributed by atoms with Crippen LogP contribution in [0, 0.1) is 13.8 Å². The Balaban J connectivity index is 2.15. The summed E-state index contributed by atoms with van der Waals surface area (Å²) >= 11 is 1.70. The van der Waals surface area contributed by atoms with Crippen LogP contribution in [0.15, 0.2) is 12.4 Å². The highest BCUT2D eigenvalue weighted by Crippen LogP contribution is 2.24. The minimum absolute atomic E-state index is 0.141. The molecule has 2 heterocycles. The van der Waals surface area contributed by atoms with Gasteiger partial charge in [0.25, 0.3) is 0 Å². The van der Waals surface area contributed by atoms with E-state index < -0.39 is 0 Å². The molecule has 102 valence electrons. The fourth-order valence-corrected chi connectivity index (χ4v) is 2.45. The molecule has 0 aromatic carbocycles. The maximum Gasteiger partial charge on any atom is 0.224 e. The second kappa shape index (κ2) is 5.97. The van der Waals surface area contributed by atoms with Gasteiger partial charge in [-0.15, -0.1) is 11.3 Å². The van der Waals surface area contributed by atoms with E-state index in [2.05, 4.69) is 39.4 Å². The predicted octanol–water partition coefficient (Wildman–Crippen LogP) is 3.15. The van der Waals surface area contributed by atoms with E-state index in [9.17, 15) is 0 Å². The first-order valence-electron chi connectivity index (χ1n) is 6.36. The van der Waals surface area contributed by atoms with E-state index in [-0.39, 0.29) is 6.04 Å². The molecule has 0 bridgehead atoms. The summed E-state index contributed by atoms with van der Waals surface area (Å²) in [5.41, 5.74) is 1.03. The summed E-state index contributed by atoms with van der Waals surface area (Å²) in [5.74, 6) is 1.50. The Kier molecular flexibility index (Phi) is 4.31. The number of aryl methyl sites for hydroxylation is 2. The zero-order valence-corrected chi connectivity index (χ0v) is 12.5. The minimum atomic E-state index is 0.141. The van der Waals surface area contributed by atoms with Gasteiger partial charge in [0.1, 0.15) is 10.8 Å². The van der Waals surface area contributed by atoms with Gasteiger partial charge in [-0.2, -0.15) is 4.98 Å². The van der Waals surface area contributed by atoms with E-state index >= 15 is 0 Å². The molecule has 2 aromatic heterocycles. The normalized spacial score (nSPS) is 12.2. The van der Waals surface area contributed by atoms with Crippen molar-refractivity contribution in [2.45, 2.75) is 33.7 Å². The second-order valence-electron chi connectivity index (χ2n) is 4.43. The summed E-state index contributed by atoms with van der Waals surface area (Å²) in [5, 5.41) is 7.58. The van der Waals surface area contributed by atoms with Crippen LogP contribution >= 0.6 is 11.3 Å². The molecule has 0 spiro atoms. The standard InChI is InChI=1S/C13H19N5S/c1-5-14-13-16-6-8(2)11(18-13)17-10(4)12-15-7-9(3)19-12/h6-7,10H,5H2,1-4H3,(H2,14,16,17,18). The molecular formula is C13H19N5S. The predicted molar refractivity (Wildman–Crippen MR) is 79.8 cm³/mol. The van der Waals surface area contributed by atoms with Gasteiger partial charge >= 0.3 is 0 Å². The van der Waals surface area contributed by atoms with Crippen LogP contribution in [-0.2, 0) is 0 Å². The van der Waals surface area contributed by atoms with Gasteiger partial charge in [-0.3, -0.25) is 0 Å². The summed E-state index contributed by atoms with van der Waals surface area (Å²) in [4.78, 5) is 14.3. The lowest BCUT2D eigenvalue weighted by molar-refractivity contribution is 0.855. The topological polar surface area (TPSA) is 62.7 Å². The van der Waals surface area contributed by atoms with E-state index in [1.807, 2.05) is 26.2 Å². The van der Waals surface area contributed by atoms with Crippen LogP contribution in [0.1, 0.15) is 35.3 Å². The van der Waals surface area contributed by atoms with Crippen LogP contribution < -0.4 is 10.6 Å². The first-order valence-corrected chi connectivity index (χ1v) is 7.18. The number of aromatic nitrogens is 3. The summed E-state index contributed by atoms with van der Waals surface area (Å²) in [6, 6.07) is 0.141. The number of nitrogens with one attached hydrogen (secondary N) is 2. The van der Waals surface area contributed by atoms with Gasteiger partial charge in [0.2, 0.25) is 5.95 Å². The number of thiazole rings is 1. The molecule has 5 nitrogen and oxygen atoms in total. The lowest BCUT2D eigenvalue weighted by atomic mass is 10.3. The molecule has 0 saturated carbocycles. The van der Waals surface area contributed by atoms with E-state index in [1.165, 1.54) is 4.88 Å². The van der Waals surface area contributed by atoms with Crippen LogP contribution in [0.4, 0.5) is 11.8 Å². The molecule has 2 N–H and O–H groups in total. The van der Waals surface area contributed by atoms with E-state index in [0.717, 1.165) is 22.9 Å². The third-order valence-electron chi connectivity index (χ3n) is 2.67. The van der Waals surface area contributed by atoms with Crippen molar-refractivity contribution < 1.29 is 0 Å². The summed E-state index contributed by atoms with van der Waals surface area (Å²) in [7, 11) is 0. The molecule has 6 heteroatoms. The summed E-state index contributed by atoms with van der Waals surface area (Å²) in [6.07, 6.45) is 3.72. The van der Waals surface area contributed by atoms with Crippen molar-refractivity contribution >= 4 is 23.1 Å². The number of hydrogen-bond acceptors (Lipinski definition) is 6. The van der Waals surface area contributed by atoms with Gasteiger partial charge < -0.3 is 10.6 Å². The van der Waals surface area contributed by atoms with Crippen molar-refractivity contribution in [3.05, 3.63) is 27.8 Å². The Morgan fingerprint density at radius 2 is 2.05 bits per heavy atom. The van der Waals surface area contributed by atoms with Gasteiger partial charge in [0, 0.05) is 29.4 Å². The second-order valence-corrected chi connectivity index (χ2v) is 5.70. The highest BCUT2D eigenvalue weighted by molar-refractivity contribution is 7.11. The average Bonchev–Trinajstić information content (AvgIpc) is 2.80. The van der Waals surface area contributed by atoms with Gasteiger partial charge in [-0.05, 0) is 27.7 Å². The molecule has 0 fully saturated rings. The molecule has 2 rings (SSSR count). The minimum Gasteiger partial charge on any atom is -0.361 e. The van der Waals surface area contributed by atoms with Crippen molar-refractivity contribution in [3.8, 4) is 0 Å². The van der Waals surface area contributed by atoms with Crippen molar-refractivity contribution in [1.82, 2.24) is 15.0 Å². The van der Waals surface area contributed by atoms with Crippen LogP contribution in [0.2, 0.25) is 0 Å². The Morgan fingerprint density at radius 3 is 2.68 bits per heavy atom. The lowest BCUT2D eigenvalue weighted by Crippen LogP contribution is -2.11. The Labute approximate surface area is 117 Å². The molecule has 0 aliphatic heterocycles. The Hall–Kier alpha value is -1.69. The average molecular weight is 277 g/mol. The fraction of sp³-hybridized carbons (Fsp3) is 0.462. The quantitative estimate of drug-likeness (QED) is 0.879. The van der Waals surface area contributed by atoms with Crippen molar-refractivity contribution in [2.24, 2.45) is 0 Å². The highest BCUT2D eigenvalue weighted by atomic mass is 32.1. The van der Waals surface area contributed by atoms with E-state index in [0.29, 0.717) is 5.95 Å². The Bertz CT molecular complexity index is 552. The number of rotatable bonds is 5. The molecule has 1 unspecified atom stereocenters. The largest absolute Gasteiger partial charge is 0.361 e. The lowest BCUT2D eigenvalue weighted by Gasteiger charge is -2.14. The van der Waals surface area contributed by atoms with E-state index in [4.69, 9.17) is 0 Å². The maximum atomic E-state index is 4.48. The molecule has 1 atom stereocenters. The van der Waals surface area contributed by atoms with Crippen LogP contribution in [0.5, 0.6) is 0 Å². The molecule has 2 aromatic rings. The van der Waals surface area contributed by atoms with E-state index in [1.54, 1.807) is 11.3 Å². The van der Waals surface area contributed by atoms with Crippen molar-refractivity contribution in [1.29, 1.82) is 0 Å². The molecule has 19 heavy (non-hydrogen) atoms. The first-order chi connectivity index (χ1) is 9.10. The maximum absolute atomic E-state index is 4.48. The zero-order chi connectivity index (χ0) is 13.8. The monoisotopic (exact) mass is 277 g/mol. The number of nitrogens with zero attached hydrogens (tertiary/aromatic N) is 3. The molecule has 0 aliphatic carbocycles. The first kappa shape index (κ1) is 13.7.